The number of nitrogens with one attached hydrogen (secondary N) is 1. The molecule has 0 saturated heterocycles. The Morgan fingerprint density at radius 2 is 2.19 bits per heavy atom. The van der Waals surface area contributed by atoms with Crippen LogP contribution in [0, 0.1) is 17.8 Å². The Bertz CT molecular complexity index is 425. The Kier molecular flexibility index (Phi) is 2.36. The summed E-state index contributed by atoms with van der Waals surface area (Å²) in [6, 6.07) is 3.38. The van der Waals surface area contributed by atoms with Gasteiger partial charge in [-0.05, 0) is 36.8 Å². The van der Waals surface area contributed by atoms with Crippen molar-refractivity contribution in [2.45, 2.75) is 19.3 Å². The van der Waals surface area contributed by atoms with E-state index < -0.39 is 0 Å². The Hall–Kier alpha value is -1.09. The summed E-state index contributed by atoms with van der Waals surface area (Å²) >= 11 is 5.83. The van der Waals surface area contributed by atoms with Crippen LogP contribution in [0.2, 0.25) is 5.02 Å². The zero-order valence-corrected chi connectivity index (χ0v) is 9.57. The summed E-state index contributed by atoms with van der Waals surface area (Å²) in [5, 5.41) is 3.44. The molecule has 2 aliphatic carbocycles. The van der Waals surface area contributed by atoms with Crippen molar-refractivity contribution in [3.05, 3.63) is 23.4 Å². The third kappa shape index (κ3) is 1.69. The molecule has 2 atom stereocenters. The first kappa shape index (κ1) is 10.1. The van der Waals surface area contributed by atoms with Crippen molar-refractivity contribution in [2.75, 3.05) is 5.32 Å². The summed E-state index contributed by atoms with van der Waals surface area (Å²) in [5.74, 6) is 2.18. The molecule has 0 aromatic carbocycles. The van der Waals surface area contributed by atoms with Gasteiger partial charge in [0, 0.05) is 17.1 Å². The minimum atomic E-state index is 0.115. The smallest absolute Gasteiger partial charge is 0.229 e. The molecule has 0 bridgehead atoms. The highest BCUT2D eigenvalue weighted by atomic mass is 35.5. The van der Waals surface area contributed by atoms with Gasteiger partial charge in [0.15, 0.2) is 0 Å². The van der Waals surface area contributed by atoms with Crippen molar-refractivity contribution in [1.29, 1.82) is 0 Å². The van der Waals surface area contributed by atoms with E-state index in [1.54, 1.807) is 18.3 Å². The molecule has 0 spiro atoms. The average molecular weight is 237 g/mol. The minimum Gasteiger partial charge on any atom is -0.310 e. The lowest BCUT2D eigenvalue weighted by molar-refractivity contribution is -0.118. The van der Waals surface area contributed by atoms with Gasteiger partial charge in [-0.15, -0.1) is 0 Å². The van der Waals surface area contributed by atoms with E-state index in [0.29, 0.717) is 22.7 Å². The van der Waals surface area contributed by atoms with E-state index in [2.05, 4.69) is 10.3 Å². The van der Waals surface area contributed by atoms with Gasteiger partial charge in [-0.1, -0.05) is 18.0 Å². The van der Waals surface area contributed by atoms with Gasteiger partial charge < -0.3 is 5.32 Å². The molecule has 4 heteroatoms. The van der Waals surface area contributed by atoms with Gasteiger partial charge in [0.1, 0.15) is 5.82 Å². The number of halogens is 1. The molecule has 0 aliphatic heterocycles. The second-order valence-electron chi connectivity index (χ2n) is 4.63. The molecule has 16 heavy (non-hydrogen) atoms. The van der Waals surface area contributed by atoms with Crippen LogP contribution in [0.3, 0.4) is 0 Å². The third-order valence-corrected chi connectivity index (χ3v) is 3.92. The highest BCUT2D eigenvalue weighted by Gasteiger charge is 2.56. The fourth-order valence-corrected chi connectivity index (χ4v) is 3.05. The standard InChI is InChI=1S/C12H13ClN2O/c13-7-4-5-14-10(6-7)15-12(16)11-8-2-1-3-9(8)11/h4-6,8-9,11H,1-3H2,(H,14,15,16). The maximum Gasteiger partial charge on any atom is 0.229 e. The lowest BCUT2D eigenvalue weighted by Crippen LogP contribution is -2.17. The zero-order valence-electron chi connectivity index (χ0n) is 8.82. The molecule has 1 amide bonds. The van der Waals surface area contributed by atoms with E-state index in [1.165, 1.54) is 19.3 Å². The van der Waals surface area contributed by atoms with Gasteiger partial charge in [-0.25, -0.2) is 4.98 Å². The number of fused-ring (bicyclic) bond motifs is 1. The molecular formula is C12H13ClN2O. The number of anilines is 1. The van der Waals surface area contributed by atoms with Crippen molar-refractivity contribution in [3.8, 4) is 0 Å². The number of pyridine rings is 1. The Morgan fingerprint density at radius 1 is 1.44 bits per heavy atom. The second-order valence-corrected chi connectivity index (χ2v) is 5.07. The maximum absolute atomic E-state index is 11.9. The van der Waals surface area contributed by atoms with Crippen LogP contribution in [0.1, 0.15) is 19.3 Å². The van der Waals surface area contributed by atoms with E-state index in [1.807, 2.05) is 0 Å². The monoisotopic (exact) mass is 236 g/mol. The number of carbonyl (C=O) groups excluding carboxylic acids is 1. The number of carbonyl (C=O) groups is 1. The highest BCUT2D eigenvalue weighted by Crippen LogP contribution is 2.57. The van der Waals surface area contributed by atoms with Gasteiger partial charge in [-0.3, -0.25) is 4.79 Å². The fourth-order valence-electron chi connectivity index (χ4n) is 2.89. The van der Waals surface area contributed by atoms with E-state index >= 15 is 0 Å². The summed E-state index contributed by atoms with van der Waals surface area (Å²) in [4.78, 5) is 16.0. The molecule has 0 radical (unpaired) electrons. The van der Waals surface area contributed by atoms with E-state index in [0.717, 1.165) is 0 Å². The number of hydrogen-bond donors (Lipinski definition) is 1. The lowest BCUT2D eigenvalue weighted by Gasteiger charge is -2.05. The summed E-state index contributed by atoms with van der Waals surface area (Å²) in [5.41, 5.74) is 0. The van der Waals surface area contributed by atoms with Crippen LogP contribution in [0.4, 0.5) is 5.82 Å². The van der Waals surface area contributed by atoms with E-state index in [4.69, 9.17) is 11.6 Å². The van der Waals surface area contributed by atoms with Crippen molar-refractivity contribution < 1.29 is 4.79 Å². The molecule has 1 aromatic heterocycles. The largest absolute Gasteiger partial charge is 0.310 e. The molecule has 1 heterocycles. The van der Waals surface area contributed by atoms with E-state index in [9.17, 15) is 4.79 Å². The molecule has 2 unspecified atom stereocenters. The van der Waals surface area contributed by atoms with Crippen LogP contribution in [-0.2, 0) is 4.79 Å². The quantitative estimate of drug-likeness (QED) is 0.858. The first-order valence-electron chi connectivity index (χ1n) is 5.68. The number of amides is 1. The first-order valence-corrected chi connectivity index (χ1v) is 6.06. The number of nitrogens with zero attached hydrogens (tertiary/aromatic N) is 1. The summed E-state index contributed by atoms with van der Waals surface area (Å²) in [7, 11) is 0. The van der Waals surface area contributed by atoms with Crippen LogP contribution in [0.25, 0.3) is 0 Å². The second kappa shape index (κ2) is 3.74. The molecule has 2 aliphatic rings. The van der Waals surface area contributed by atoms with Crippen molar-refractivity contribution in [1.82, 2.24) is 4.98 Å². The number of hydrogen-bond acceptors (Lipinski definition) is 2. The molecule has 84 valence electrons. The van der Waals surface area contributed by atoms with Crippen LogP contribution in [-0.4, -0.2) is 10.9 Å². The summed E-state index contributed by atoms with van der Waals surface area (Å²) in [6.45, 7) is 0. The zero-order chi connectivity index (χ0) is 11.1. The summed E-state index contributed by atoms with van der Waals surface area (Å²) in [6.07, 6.45) is 5.32. The molecule has 3 rings (SSSR count). The summed E-state index contributed by atoms with van der Waals surface area (Å²) < 4.78 is 0. The predicted octanol–water partition coefficient (Wildman–Crippen LogP) is 2.72. The predicted molar refractivity (Wildman–Crippen MR) is 62.2 cm³/mol. The maximum atomic E-state index is 11.9. The topological polar surface area (TPSA) is 42.0 Å². The van der Waals surface area contributed by atoms with Gasteiger partial charge in [0.05, 0.1) is 0 Å². The number of rotatable bonds is 2. The van der Waals surface area contributed by atoms with Crippen LogP contribution >= 0.6 is 11.6 Å². The fraction of sp³-hybridized carbons (Fsp3) is 0.500. The minimum absolute atomic E-state index is 0.115. The molecule has 3 nitrogen and oxygen atoms in total. The van der Waals surface area contributed by atoms with Crippen molar-refractivity contribution in [3.63, 3.8) is 0 Å². The SMILES string of the molecule is O=C(Nc1cc(Cl)ccn1)C1C2CCCC21. The van der Waals surface area contributed by atoms with Crippen LogP contribution < -0.4 is 5.32 Å². The van der Waals surface area contributed by atoms with Crippen LogP contribution in [0.15, 0.2) is 18.3 Å². The van der Waals surface area contributed by atoms with Crippen LogP contribution in [0.5, 0.6) is 0 Å². The lowest BCUT2D eigenvalue weighted by atomic mass is 10.1. The van der Waals surface area contributed by atoms with Gasteiger partial charge >= 0.3 is 0 Å². The molecule has 2 fully saturated rings. The average Bonchev–Trinajstić information content (AvgIpc) is 2.73. The van der Waals surface area contributed by atoms with E-state index in [-0.39, 0.29) is 11.8 Å². The highest BCUT2D eigenvalue weighted by molar-refractivity contribution is 6.30. The molecule has 2 saturated carbocycles. The Labute approximate surface area is 99.2 Å². The molecule has 1 N–H and O–H groups in total. The molecular weight excluding hydrogens is 224 g/mol. The third-order valence-electron chi connectivity index (χ3n) is 3.68. The Morgan fingerprint density at radius 3 is 2.88 bits per heavy atom. The van der Waals surface area contributed by atoms with Crippen molar-refractivity contribution in [2.24, 2.45) is 17.8 Å². The first-order chi connectivity index (χ1) is 7.75. The van der Waals surface area contributed by atoms with Gasteiger partial charge in [0.25, 0.3) is 0 Å². The molecule has 1 aromatic rings. The van der Waals surface area contributed by atoms with Gasteiger partial charge in [0.2, 0.25) is 5.91 Å². The van der Waals surface area contributed by atoms with Gasteiger partial charge in [-0.2, -0.15) is 0 Å². The Balaban J connectivity index is 1.65. The normalized spacial score (nSPS) is 30.9. The van der Waals surface area contributed by atoms with Crippen molar-refractivity contribution >= 4 is 23.3 Å². The number of aromatic nitrogens is 1.